The topological polar surface area (TPSA) is 94.8 Å². The summed E-state index contributed by atoms with van der Waals surface area (Å²) in [5.41, 5.74) is 0.266. The first-order chi connectivity index (χ1) is 13.0. The summed E-state index contributed by atoms with van der Waals surface area (Å²) < 4.78 is 0. The van der Waals surface area contributed by atoms with Crippen molar-refractivity contribution in [3.05, 3.63) is 90.0 Å². The zero-order valence-electron chi connectivity index (χ0n) is 14.2. The molecule has 0 aliphatic heterocycles. The Morgan fingerprint density at radius 3 is 1.89 bits per heavy atom. The first kappa shape index (κ1) is 17.9. The number of phenols is 1. The predicted molar refractivity (Wildman–Crippen MR) is 103 cm³/mol. The largest absolute Gasteiger partial charge is 0.506 e. The van der Waals surface area contributed by atoms with Crippen molar-refractivity contribution >= 4 is 33.5 Å². The SMILES string of the molecule is O=C(O)c1ccc2ccccc2c1.O=C(O)c1ccc2ccccc2c1O. The van der Waals surface area contributed by atoms with Gasteiger partial charge in [0.1, 0.15) is 11.3 Å². The number of fused-ring (bicyclic) bond motifs is 2. The molecule has 0 spiro atoms. The van der Waals surface area contributed by atoms with E-state index in [-0.39, 0.29) is 11.3 Å². The van der Waals surface area contributed by atoms with Gasteiger partial charge >= 0.3 is 11.9 Å². The third-order valence-corrected chi connectivity index (χ3v) is 4.13. The van der Waals surface area contributed by atoms with Crippen LogP contribution in [0.3, 0.4) is 0 Å². The van der Waals surface area contributed by atoms with Crippen molar-refractivity contribution in [3.8, 4) is 5.75 Å². The molecule has 0 bridgehead atoms. The molecule has 0 aromatic heterocycles. The first-order valence-electron chi connectivity index (χ1n) is 8.13. The van der Waals surface area contributed by atoms with Gasteiger partial charge in [-0.05, 0) is 34.4 Å². The normalized spacial score (nSPS) is 10.2. The van der Waals surface area contributed by atoms with E-state index in [9.17, 15) is 14.7 Å². The van der Waals surface area contributed by atoms with Crippen molar-refractivity contribution in [1.29, 1.82) is 0 Å². The fourth-order valence-corrected chi connectivity index (χ4v) is 2.75. The highest BCUT2D eigenvalue weighted by Gasteiger charge is 2.11. The zero-order valence-corrected chi connectivity index (χ0v) is 14.2. The van der Waals surface area contributed by atoms with Crippen LogP contribution in [-0.2, 0) is 0 Å². The van der Waals surface area contributed by atoms with Crippen molar-refractivity contribution < 1.29 is 24.9 Å². The highest BCUT2D eigenvalue weighted by molar-refractivity contribution is 6.00. The lowest BCUT2D eigenvalue weighted by Crippen LogP contribution is -1.96. The number of hydrogen-bond donors (Lipinski definition) is 3. The van der Waals surface area contributed by atoms with Crippen LogP contribution in [0.15, 0.2) is 78.9 Å². The van der Waals surface area contributed by atoms with E-state index in [0.29, 0.717) is 10.9 Å². The molecule has 4 aromatic carbocycles. The van der Waals surface area contributed by atoms with Gasteiger partial charge in [0.25, 0.3) is 0 Å². The van der Waals surface area contributed by atoms with Gasteiger partial charge < -0.3 is 15.3 Å². The molecule has 0 aliphatic carbocycles. The molecule has 134 valence electrons. The Labute approximate surface area is 154 Å². The second kappa shape index (κ2) is 7.58. The molecule has 3 N–H and O–H groups in total. The molecule has 0 aliphatic rings. The zero-order chi connectivity index (χ0) is 19.4. The van der Waals surface area contributed by atoms with Crippen LogP contribution in [0.4, 0.5) is 0 Å². The summed E-state index contributed by atoms with van der Waals surface area (Å²) in [6.45, 7) is 0. The van der Waals surface area contributed by atoms with Crippen LogP contribution in [0.25, 0.3) is 21.5 Å². The maximum absolute atomic E-state index is 10.7. The average molecular weight is 360 g/mol. The molecule has 0 atom stereocenters. The van der Waals surface area contributed by atoms with Gasteiger partial charge in [-0.15, -0.1) is 0 Å². The number of carboxylic acid groups (broad SMARTS) is 2. The van der Waals surface area contributed by atoms with E-state index in [4.69, 9.17) is 10.2 Å². The second-order valence-corrected chi connectivity index (χ2v) is 5.86. The molecule has 4 rings (SSSR count). The highest BCUT2D eigenvalue weighted by Crippen LogP contribution is 2.28. The first-order valence-corrected chi connectivity index (χ1v) is 8.13. The van der Waals surface area contributed by atoms with Gasteiger partial charge in [-0.1, -0.05) is 60.7 Å². The summed E-state index contributed by atoms with van der Waals surface area (Å²) >= 11 is 0. The average Bonchev–Trinajstić information content (AvgIpc) is 2.68. The molecule has 4 aromatic rings. The summed E-state index contributed by atoms with van der Waals surface area (Å²) in [6, 6.07) is 23.0. The van der Waals surface area contributed by atoms with Crippen LogP contribution in [0.2, 0.25) is 0 Å². The van der Waals surface area contributed by atoms with E-state index in [2.05, 4.69) is 0 Å². The highest BCUT2D eigenvalue weighted by atomic mass is 16.4. The number of hydrogen-bond acceptors (Lipinski definition) is 3. The molecule has 5 heteroatoms. The van der Waals surface area contributed by atoms with Gasteiger partial charge in [0.05, 0.1) is 5.56 Å². The molecule has 0 saturated carbocycles. The van der Waals surface area contributed by atoms with Crippen molar-refractivity contribution in [2.45, 2.75) is 0 Å². The van der Waals surface area contributed by atoms with E-state index in [1.165, 1.54) is 6.07 Å². The molecule has 0 amide bonds. The molecule has 0 radical (unpaired) electrons. The van der Waals surface area contributed by atoms with Gasteiger partial charge in [-0.2, -0.15) is 0 Å². The molecule has 0 unspecified atom stereocenters. The molecular formula is C22H16O5. The number of aromatic hydroxyl groups is 1. The Balaban J connectivity index is 0.000000156. The maximum Gasteiger partial charge on any atom is 0.339 e. The van der Waals surface area contributed by atoms with Crippen LogP contribution in [0.1, 0.15) is 20.7 Å². The van der Waals surface area contributed by atoms with E-state index in [0.717, 1.165) is 16.2 Å². The lowest BCUT2D eigenvalue weighted by molar-refractivity contribution is 0.0684. The fourth-order valence-electron chi connectivity index (χ4n) is 2.75. The Kier molecular flexibility index (Phi) is 5.04. The number of carbonyl (C=O) groups is 2. The molecule has 0 fully saturated rings. The lowest BCUT2D eigenvalue weighted by Gasteiger charge is -2.03. The molecule has 27 heavy (non-hydrogen) atoms. The summed E-state index contributed by atoms with van der Waals surface area (Å²) in [6.07, 6.45) is 0. The smallest absolute Gasteiger partial charge is 0.339 e. The van der Waals surface area contributed by atoms with Crippen molar-refractivity contribution in [1.82, 2.24) is 0 Å². The monoisotopic (exact) mass is 360 g/mol. The lowest BCUT2D eigenvalue weighted by atomic mass is 10.1. The van der Waals surface area contributed by atoms with E-state index >= 15 is 0 Å². The van der Waals surface area contributed by atoms with E-state index < -0.39 is 11.9 Å². The number of rotatable bonds is 2. The minimum atomic E-state index is -1.12. The maximum atomic E-state index is 10.7. The molecule has 0 saturated heterocycles. The Hall–Kier alpha value is -3.86. The summed E-state index contributed by atoms with van der Waals surface area (Å²) in [4.78, 5) is 21.4. The summed E-state index contributed by atoms with van der Waals surface area (Å²) in [7, 11) is 0. The predicted octanol–water partition coefficient (Wildman–Crippen LogP) is 4.78. The fraction of sp³-hybridized carbons (Fsp3) is 0. The van der Waals surface area contributed by atoms with Gasteiger partial charge in [-0.3, -0.25) is 0 Å². The standard InChI is InChI=1S/C11H8O3.C11H8O2/c12-10-8-4-2-1-3-7(8)5-6-9(10)11(13)14;12-11(13)10-6-5-8-3-1-2-4-9(8)7-10/h1-6,12H,(H,13,14);1-7H,(H,12,13). The minimum absolute atomic E-state index is 0.0660. The van der Waals surface area contributed by atoms with Crippen molar-refractivity contribution in [3.63, 3.8) is 0 Å². The number of benzene rings is 4. The van der Waals surface area contributed by atoms with Crippen LogP contribution in [-0.4, -0.2) is 27.3 Å². The Morgan fingerprint density at radius 2 is 1.22 bits per heavy atom. The molecule has 5 nitrogen and oxygen atoms in total. The van der Waals surface area contributed by atoms with Crippen LogP contribution < -0.4 is 0 Å². The third-order valence-electron chi connectivity index (χ3n) is 4.13. The Morgan fingerprint density at radius 1 is 0.630 bits per heavy atom. The van der Waals surface area contributed by atoms with Crippen LogP contribution in [0.5, 0.6) is 5.75 Å². The quantitative estimate of drug-likeness (QED) is 0.478. The van der Waals surface area contributed by atoms with Crippen LogP contribution >= 0.6 is 0 Å². The number of carboxylic acids is 2. The van der Waals surface area contributed by atoms with Crippen molar-refractivity contribution in [2.24, 2.45) is 0 Å². The minimum Gasteiger partial charge on any atom is -0.506 e. The summed E-state index contributed by atoms with van der Waals surface area (Å²) in [5, 5.41) is 30.6. The van der Waals surface area contributed by atoms with Gasteiger partial charge in [0.2, 0.25) is 0 Å². The van der Waals surface area contributed by atoms with Crippen LogP contribution in [0, 0.1) is 0 Å². The van der Waals surface area contributed by atoms with E-state index in [1.54, 1.807) is 30.3 Å². The van der Waals surface area contributed by atoms with Gasteiger partial charge in [0.15, 0.2) is 0 Å². The molecular weight excluding hydrogens is 344 g/mol. The van der Waals surface area contributed by atoms with Gasteiger partial charge in [-0.25, -0.2) is 9.59 Å². The molecule has 0 heterocycles. The van der Waals surface area contributed by atoms with Gasteiger partial charge in [0, 0.05) is 5.39 Å². The number of aromatic carboxylic acids is 2. The Bertz CT molecular complexity index is 1150. The van der Waals surface area contributed by atoms with Crippen molar-refractivity contribution in [2.75, 3.05) is 0 Å². The summed E-state index contributed by atoms with van der Waals surface area (Å²) in [5.74, 6) is -2.17. The van der Waals surface area contributed by atoms with E-state index in [1.807, 2.05) is 42.5 Å². The second-order valence-electron chi connectivity index (χ2n) is 5.86. The third kappa shape index (κ3) is 3.88.